The third-order valence-corrected chi connectivity index (χ3v) is 2.65. The normalized spacial score (nSPS) is 9.94. The minimum Gasteiger partial charge on any atom is -0.466 e. The number of halogens is 1. The van der Waals surface area contributed by atoms with E-state index in [0.717, 1.165) is 15.7 Å². The Morgan fingerprint density at radius 3 is 2.61 bits per heavy atom. The lowest BCUT2D eigenvalue weighted by Gasteiger charge is -2.07. The largest absolute Gasteiger partial charge is 0.466 e. The van der Waals surface area contributed by atoms with Gasteiger partial charge in [0.15, 0.2) is 0 Å². The molecule has 0 bridgehead atoms. The Balaban J connectivity index is 2.47. The number of carbonyl (C=O) groups excluding carboxylic acids is 2. The highest BCUT2D eigenvalue weighted by atomic mass is 79.9. The fraction of sp³-hybridized carbons (Fsp3) is 0.385. The molecule has 18 heavy (non-hydrogen) atoms. The first-order valence-electron chi connectivity index (χ1n) is 5.74. The molecule has 1 amide bonds. The lowest BCUT2D eigenvalue weighted by atomic mass is 10.2. The van der Waals surface area contributed by atoms with Gasteiger partial charge in [-0.3, -0.25) is 9.59 Å². The second kappa shape index (κ2) is 7.16. The molecule has 0 unspecified atom stereocenters. The van der Waals surface area contributed by atoms with Crippen LogP contribution >= 0.6 is 15.9 Å². The van der Waals surface area contributed by atoms with Crippen LogP contribution in [-0.2, 0) is 14.3 Å². The second-order valence-corrected chi connectivity index (χ2v) is 4.79. The Morgan fingerprint density at radius 2 is 2.00 bits per heavy atom. The number of rotatable bonds is 5. The lowest BCUT2D eigenvalue weighted by molar-refractivity contribution is -0.144. The zero-order valence-electron chi connectivity index (χ0n) is 10.5. The molecule has 4 nitrogen and oxygen atoms in total. The maximum atomic E-state index is 11.6. The number of ether oxygens (including phenoxy) is 1. The first-order valence-corrected chi connectivity index (χ1v) is 6.53. The third kappa shape index (κ3) is 5.31. The molecule has 1 aromatic rings. The maximum absolute atomic E-state index is 11.6. The molecule has 0 aliphatic carbocycles. The number of anilines is 1. The molecule has 0 spiro atoms. The first kappa shape index (κ1) is 14.7. The van der Waals surface area contributed by atoms with Crippen molar-refractivity contribution in [1.29, 1.82) is 0 Å². The summed E-state index contributed by atoms with van der Waals surface area (Å²) in [6, 6.07) is 5.64. The van der Waals surface area contributed by atoms with Gasteiger partial charge in [0.2, 0.25) is 5.91 Å². The lowest BCUT2D eigenvalue weighted by Crippen LogP contribution is -2.14. The molecule has 0 radical (unpaired) electrons. The summed E-state index contributed by atoms with van der Waals surface area (Å²) in [6.45, 7) is 4.02. The van der Waals surface area contributed by atoms with Gasteiger partial charge in [0.1, 0.15) is 0 Å². The first-order chi connectivity index (χ1) is 8.51. The van der Waals surface area contributed by atoms with E-state index in [1.165, 1.54) is 0 Å². The van der Waals surface area contributed by atoms with Crippen molar-refractivity contribution in [3.8, 4) is 0 Å². The van der Waals surface area contributed by atoms with Crippen LogP contribution in [0, 0.1) is 6.92 Å². The molecular formula is C13H16BrNO3. The average molecular weight is 314 g/mol. The van der Waals surface area contributed by atoms with Crippen molar-refractivity contribution in [3.63, 3.8) is 0 Å². The van der Waals surface area contributed by atoms with E-state index in [4.69, 9.17) is 4.74 Å². The number of aryl methyl sites for hydroxylation is 1. The predicted molar refractivity (Wildman–Crippen MR) is 73.4 cm³/mol. The van der Waals surface area contributed by atoms with E-state index in [2.05, 4.69) is 21.2 Å². The van der Waals surface area contributed by atoms with Gasteiger partial charge < -0.3 is 10.1 Å². The van der Waals surface area contributed by atoms with E-state index >= 15 is 0 Å². The highest BCUT2D eigenvalue weighted by molar-refractivity contribution is 9.10. The highest BCUT2D eigenvalue weighted by Gasteiger charge is 2.08. The smallest absolute Gasteiger partial charge is 0.306 e. The van der Waals surface area contributed by atoms with Gasteiger partial charge in [-0.05, 0) is 37.6 Å². The van der Waals surface area contributed by atoms with Crippen molar-refractivity contribution >= 4 is 33.5 Å². The van der Waals surface area contributed by atoms with Crippen LogP contribution in [0.2, 0.25) is 0 Å². The molecule has 0 fully saturated rings. The van der Waals surface area contributed by atoms with Crippen LogP contribution in [0.25, 0.3) is 0 Å². The van der Waals surface area contributed by atoms with Crippen LogP contribution in [0.4, 0.5) is 5.69 Å². The maximum Gasteiger partial charge on any atom is 0.306 e. The fourth-order valence-electron chi connectivity index (χ4n) is 1.48. The number of carbonyl (C=O) groups is 2. The molecule has 0 saturated heterocycles. The molecule has 0 atom stereocenters. The number of hydrogen-bond donors (Lipinski definition) is 1. The van der Waals surface area contributed by atoms with Crippen molar-refractivity contribution in [1.82, 2.24) is 0 Å². The average Bonchev–Trinajstić information content (AvgIpc) is 2.25. The summed E-state index contributed by atoms with van der Waals surface area (Å²) in [6.07, 6.45) is 0.233. The summed E-state index contributed by atoms with van der Waals surface area (Å²) >= 11 is 3.36. The topological polar surface area (TPSA) is 55.4 Å². The van der Waals surface area contributed by atoms with Crippen molar-refractivity contribution < 1.29 is 14.3 Å². The van der Waals surface area contributed by atoms with Gasteiger partial charge in [-0.1, -0.05) is 15.9 Å². The Bertz CT molecular complexity index is 426. The van der Waals surface area contributed by atoms with Gasteiger partial charge in [-0.25, -0.2) is 0 Å². The Hall–Kier alpha value is -1.36. The summed E-state index contributed by atoms with van der Waals surface area (Å²) in [4.78, 5) is 22.7. The molecule has 98 valence electrons. The molecule has 1 aromatic carbocycles. The van der Waals surface area contributed by atoms with E-state index in [1.54, 1.807) is 6.92 Å². The van der Waals surface area contributed by atoms with E-state index < -0.39 is 0 Å². The van der Waals surface area contributed by atoms with Gasteiger partial charge in [0, 0.05) is 16.6 Å². The molecule has 0 saturated carbocycles. The minimum absolute atomic E-state index is 0.104. The van der Waals surface area contributed by atoms with E-state index in [-0.39, 0.29) is 24.7 Å². The quantitative estimate of drug-likeness (QED) is 0.850. The van der Waals surface area contributed by atoms with Gasteiger partial charge in [-0.15, -0.1) is 0 Å². The van der Waals surface area contributed by atoms with E-state index in [1.807, 2.05) is 25.1 Å². The highest BCUT2D eigenvalue weighted by Crippen LogP contribution is 2.19. The fourth-order valence-corrected chi connectivity index (χ4v) is 2.09. The van der Waals surface area contributed by atoms with Crippen molar-refractivity contribution in [2.75, 3.05) is 11.9 Å². The predicted octanol–water partition coefficient (Wildman–Crippen LogP) is 3.04. The van der Waals surface area contributed by atoms with Crippen LogP contribution in [-0.4, -0.2) is 18.5 Å². The third-order valence-electron chi connectivity index (χ3n) is 2.19. The zero-order chi connectivity index (χ0) is 13.5. The van der Waals surface area contributed by atoms with Crippen LogP contribution in [0.1, 0.15) is 25.3 Å². The second-order valence-electron chi connectivity index (χ2n) is 3.87. The summed E-state index contributed by atoms with van der Waals surface area (Å²) < 4.78 is 5.66. The minimum atomic E-state index is -0.349. The van der Waals surface area contributed by atoms with E-state index in [0.29, 0.717) is 6.61 Å². The Morgan fingerprint density at radius 1 is 1.28 bits per heavy atom. The van der Waals surface area contributed by atoms with Crippen LogP contribution in [0.5, 0.6) is 0 Å². The summed E-state index contributed by atoms with van der Waals surface area (Å²) in [5, 5.41) is 2.74. The molecule has 5 heteroatoms. The summed E-state index contributed by atoms with van der Waals surface area (Å²) in [5.41, 5.74) is 1.76. The molecule has 1 rings (SSSR count). The molecule has 1 N–H and O–H groups in total. The summed E-state index contributed by atoms with van der Waals surface area (Å²) in [7, 11) is 0. The SMILES string of the molecule is CCOC(=O)CCC(=O)Nc1cc(C)cc(Br)c1. The van der Waals surface area contributed by atoms with Crippen LogP contribution in [0.3, 0.4) is 0 Å². The molecule has 0 aromatic heterocycles. The van der Waals surface area contributed by atoms with Gasteiger partial charge in [0.25, 0.3) is 0 Å². The van der Waals surface area contributed by atoms with Crippen molar-refractivity contribution in [2.24, 2.45) is 0 Å². The molecule has 0 heterocycles. The monoisotopic (exact) mass is 313 g/mol. The number of nitrogens with one attached hydrogen (secondary N) is 1. The van der Waals surface area contributed by atoms with Crippen LogP contribution in [0.15, 0.2) is 22.7 Å². The van der Waals surface area contributed by atoms with Crippen LogP contribution < -0.4 is 5.32 Å². The van der Waals surface area contributed by atoms with Gasteiger partial charge >= 0.3 is 5.97 Å². The number of esters is 1. The zero-order valence-corrected chi connectivity index (χ0v) is 12.0. The van der Waals surface area contributed by atoms with Gasteiger partial charge in [0.05, 0.1) is 13.0 Å². The van der Waals surface area contributed by atoms with Gasteiger partial charge in [-0.2, -0.15) is 0 Å². The Kier molecular flexibility index (Phi) is 5.85. The molecular weight excluding hydrogens is 298 g/mol. The molecule has 0 aliphatic heterocycles. The molecule has 0 aliphatic rings. The number of benzene rings is 1. The standard InChI is InChI=1S/C13H16BrNO3/c1-3-18-13(17)5-4-12(16)15-11-7-9(2)6-10(14)8-11/h6-8H,3-5H2,1-2H3,(H,15,16). The van der Waals surface area contributed by atoms with Crippen molar-refractivity contribution in [2.45, 2.75) is 26.7 Å². The van der Waals surface area contributed by atoms with E-state index in [9.17, 15) is 9.59 Å². The van der Waals surface area contributed by atoms with Crippen molar-refractivity contribution in [3.05, 3.63) is 28.2 Å². The number of amides is 1. The summed E-state index contributed by atoms with van der Waals surface area (Å²) in [5.74, 6) is -0.543. The number of hydrogen-bond acceptors (Lipinski definition) is 3. The Labute approximate surface area is 115 Å².